The number of ether oxygens (including phenoxy) is 2. The molecule has 4 aliphatic carbocycles. The van der Waals surface area contributed by atoms with Gasteiger partial charge in [0.15, 0.2) is 18.0 Å². The summed E-state index contributed by atoms with van der Waals surface area (Å²) in [5.74, 6) is -3.93. The van der Waals surface area contributed by atoms with E-state index in [1.807, 2.05) is 13.0 Å². The molecule has 2 N–H and O–H groups in total. The summed E-state index contributed by atoms with van der Waals surface area (Å²) in [5, 5.41) is 21.5. The van der Waals surface area contributed by atoms with Gasteiger partial charge in [0.05, 0.1) is 17.2 Å². The molecule has 0 aromatic heterocycles. The second kappa shape index (κ2) is 10.0. The van der Waals surface area contributed by atoms with Crippen molar-refractivity contribution in [2.24, 2.45) is 34.5 Å². The van der Waals surface area contributed by atoms with Gasteiger partial charge in [-0.05, 0) is 67.7 Å². The number of carboxylic acids is 1. The molecule has 9 nitrogen and oxygen atoms in total. The Bertz CT molecular complexity index is 1390. The van der Waals surface area contributed by atoms with Gasteiger partial charge in [-0.3, -0.25) is 14.4 Å². The van der Waals surface area contributed by atoms with Crippen molar-refractivity contribution in [2.75, 3.05) is 6.61 Å². The number of aliphatic hydroxyl groups excluding tert-OH is 1. The van der Waals surface area contributed by atoms with Crippen molar-refractivity contribution in [1.82, 2.24) is 0 Å². The van der Waals surface area contributed by atoms with E-state index in [1.165, 1.54) is 31.2 Å². The zero-order chi connectivity index (χ0) is 29.9. The maximum absolute atomic E-state index is 14.0. The van der Waals surface area contributed by atoms with E-state index in [-0.39, 0.29) is 53.4 Å². The lowest BCUT2D eigenvalue weighted by Crippen LogP contribution is -2.63. The molecule has 0 heterocycles. The largest absolute Gasteiger partial charge is 0.478 e. The normalized spacial score (nSPS) is 37.2. The first kappa shape index (κ1) is 28.9. The molecule has 3 fully saturated rings. The molecule has 1 aromatic carbocycles. The number of fused-ring (bicyclic) bond motifs is 5. The SMILES string of the molecule is CC(=O)OCC(=O)[C@@]1(OC(=O)c2ccccc2C(=O)O)CC[C@H]2[C@@H]3C[C@H](C)C4=CC(=O)C=C[C@]4(C)[C@H]3[C@@H](O)C[C@@]21C. The van der Waals surface area contributed by atoms with Gasteiger partial charge in [-0.1, -0.05) is 44.6 Å². The van der Waals surface area contributed by atoms with Crippen molar-refractivity contribution >= 4 is 29.5 Å². The van der Waals surface area contributed by atoms with E-state index < -0.39 is 52.8 Å². The molecule has 0 spiro atoms. The molecular weight excluding hydrogens is 528 g/mol. The number of carbonyl (C=O) groups is 5. The van der Waals surface area contributed by atoms with Crippen molar-refractivity contribution in [3.05, 3.63) is 59.2 Å². The number of Topliss-reactive ketones (excluding diaryl/α,β-unsaturated/α-hetero) is 1. The molecule has 218 valence electrons. The molecule has 0 radical (unpaired) electrons. The highest BCUT2D eigenvalue weighted by Crippen LogP contribution is 2.68. The van der Waals surface area contributed by atoms with Gasteiger partial charge in [0, 0.05) is 23.7 Å². The first-order valence-electron chi connectivity index (χ1n) is 14.1. The molecule has 1 aromatic rings. The quantitative estimate of drug-likeness (QED) is 0.491. The number of esters is 2. The van der Waals surface area contributed by atoms with Gasteiger partial charge in [0.25, 0.3) is 0 Å². The highest BCUT2D eigenvalue weighted by atomic mass is 16.6. The van der Waals surface area contributed by atoms with E-state index in [0.717, 1.165) is 5.57 Å². The molecule has 41 heavy (non-hydrogen) atoms. The van der Waals surface area contributed by atoms with Crippen LogP contribution >= 0.6 is 0 Å². The number of carboxylic acid groups (broad SMARTS) is 1. The third-order valence-electron chi connectivity index (χ3n) is 10.4. The van der Waals surface area contributed by atoms with Crippen LogP contribution in [-0.2, 0) is 23.9 Å². The van der Waals surface area contributed by atoms with E-state index in [0.29, 0.717) is 12.8 Å². The van der Waals surface area contributed by atoms with Crippen molar-refractivity contribution < 1.29 is 43.7 Å². The lowest BCUT2D eigenvalue weighted by molar-refractivity contribution is -0.183. The number of rotatable bonds is 6. The van der Waals surface area contributed by atoms with Gasteiger partial charge in [-0.25, -0.2) is 9.59 Å². The van der Waals surface area contributed by atoms with Gasteiger partial charge in [-0.2, -0.15) is 0 Å². The topological polar surface area (TPSA) is 144 Å². The van der Waals surface area contributed by atoms with Crippen LogP contribution in [0.25, 0.3) is 0 Å². The smallest absolute Gasteiger partial charge is 0.340 e. The van der Waals surface area contributed by atoms with Crippen LogP contribution in [0.4, 0.5) is 0 Å². The van der Waals surface area contributed by atoms with Crippen molar-refractivity contribution in [3.8, 4) is 0 Å². The van der Waals surface area contributed by atoms with Gasteiger partial charge < -0.3 is 19.7 Å². The number of carbonyl (C=O) groups excluding carboxylic acids is 4. The monoisotopic (exact) mass is 564 g/mol. The minimum Gasteiger partial charge on any atom is -0.478 e. The number of aliphatic hydroxyl groups is 1. The average Bonchev–Trinajstić information content (AvgIpc) is 3.20. The van der Waals surface area contributed by atoms with Crippen LogP contribution in [-0.4, -0.2) is 58.0 Å². The van der Waals surface area contributed by atoms with Gasteiger partial charge in [0.2, 0.25) is 5.78 Å². The molecule has 0 aliphatic heterocycles. The Balaban J connectivity index is 1.57. The predicted octanol–water partition coefficient (Wildman–Crippen LogP) is 3.94. The predicted molar refractivity (Wildman–Crippen MR) is 146 cm³/mol. The second-order valence-corrected chi connectivity index (χ2v) is 12.5. The van der Waals surface area contributed by atoms with E-state index in [4.69, 9.17) is 9.47 Å². The van der Waals surface area contributed by atoms with E-state index in [2.05, 4.69) is 13.8 Å². The number of aromatic carboxylic acids is 1. The maximum atomic E-state index is 14.0. The molecule has 0 saturated heterocycles. The van der Waals surface area contributed by atoms with Crippen molar-refractivity contribution in [1.29, 1.82) is 0 Å². The molecule has 0 unspecified atom stereocenters. The van der Waals surface area contributed by atoms with Crippen LogP contribution in [0, 0.1) is 34.5 Å². The van der Waals surface area contributed by atoms with Crippen LogP contribution in [0.3, 0.4) is 0 Å². The van der Waals surface area contributed by atoms with Gasteiger partial charge in [0.1, 0.15) is 0 Å². The van der Waals surface area contributed by atoms with Crippen LogP contribution in [0.1, 0.15) is 74.1 Å². The summed E-state index contributed by atoms with van der Waals surface area (Å²) in [7, 11) is 0. The minimum absolute atomic E-state index is 0.0489. The lowest BCUT2D eigenvalue weighted by Gasteiger charge is -2.61. The summed E-state index contributed by atoms with van der Waals surface area (Å²) in [4.78, 5) is 63.3. The Kier molecular flexibility index (Phi) is 7.09. The van der Waals surface area contributed by atoms with E-state index in [9.17, 15) is 34.2 Å². The number of benzene rings is 1. The highest BCUT2D eigenvalue weighted by molar-refractivity contribution is 6.04. The molecule has 9 heteroatoms. The van der Waals surface area contributed by atoms with Crippen molar-refractivity contribution in [2.45, 2.75) is 65.1 Å². The Morgan fingerprint density at radius 2 is 1.78 bits per heavy atom. The number of allylic oxidation sites excluding steroid dienone is 4. The third kappa shape index (κ3) is 4.36. The summed E-state index contributed by atoms with van der Waals surface area (Å²) in [6.45, 7) is 6.55. The number of hydrogen-bond acceptors (Lipinski definition) is 8. The Hall–Kier alpha value is -3.59. The lowest BCUT2D eigenvalue weighted by atomic mass is 9.44. The molecule has 5 rings (SSSR count). The fourth-order valence-corrected chi connectivity index (χ4v) is 8.76. The first-order valence-corrected chi connectivity index (χ1v) is 14.1. The van der Waals surface area contributed by atoms with E-state index >= 15 is 0 Å². The summed E-state index contributed by atoms with van der Waals surface area (Å²) in [6, 6.07) is 5.64. The van der Waals surface area contributed by atoms with Gasteiger partial charge in [-0.15, -0.1) is 0 Å². The number of ketones is 2. The summed E-state index contributed by atoms with van der Waals surface area (Å²) in [5.41, 5.74) is -2.76. The second-order valence-electron chi connectivity index (χ2n) is 12.5. The highest BCUT2D eigenvalue weighted by Gasteiger charge is 2.71. The molecule has 8 atom stereocenters. The Morgan fingerprint density at radius 3 is 2.44 bits per heavy atom. The fourth-order valence-electron chi connectivity index (χ4n) is 8.76. The van der Waals surface area contributed by atoms with E-state index in [1.54, 1.807) is 12.2 Å². The Labute approximate surface area is 238 Å². The molecule has 3 saturated carbocycles. The zero-order valence-corrected chi connectivity index (χ0v) is 23.7. The fraction of sp³-hybridized carbons (Fsp3) is 0.531. The molecule has 4 aliphatic rings. The van der Waals surface area contributed by atoms with Crippen LogP contribution in [0.5, 0.6) is 0 Å². The van der Waals surface area contributed by atoms with Crippen LogP contribution in [0.2, 0.25) is 0 Å². The zero-order valence-electron chi connectivity index (χ0n) is 23.7. The molecule has 0 amide bonds. The molecule has 0 bridgehead atoms. The summed E-state index contributed by atoms with van der Waals surface area (Å²) < 4.78 is 11.2. The van der Waals surface area contributed by atoms with Crippen LogP contribution < -0.4 is 0 Å². The van der Waals surface area contributed by atoms with Crippen molar-refractivity contribution in [3.63, 3.8) is 0 Å². The summed E-state index contributed by atoms with van der Waals surface area (Å²) >= 11 is 0. The third-order valence-corrected chi connectivity index (χ3v) is 10.4. The first-order chi connectivity index (χ1) is 19.2. The Morgan fingerprint density at radius 1 is 1.10 bits per heavy atom. The minimum atomic E-state index is -1.75. The maximum Gasteiger partial charge on any atom is 0.340 e. The number of hydrogen-bond donors (Lipinski definition) is 2. The molecular formula is C32H36O9. The summed E-state index contributed by atoms with van der Waals surface area (Å²) in [6.07, 6.45) is 5.76. The average molecular weight is 565 g/mol. The van der Waals surface area contributed by atoms with Crippen LogP contribution in [0.15, 0.2) is 48.1 Å². The van der Waals surface area contributed by atoms with Gasteiger partial charge >= 0.3 is 17.9 Å². The standard InChI is InChI=1S/C32H36O9/c1-17-13-22-23-10-12-32(26(36)16-40-18(2)33,41-29(39)21-8-6-5-7-20(21)28(37)38)31(23,4)15-25(35)27(22)30(3)11-9-19(34)14-24(17)30/h5-9,11,14,17,22-23,25,27,35H,10,12-13,15-16H2,1-4H3,(H,37,38)/t17-,22-,23-,25-,27+,30-,31-,32-/m0/s1.